The summed E-state index contributed by atoms with van der Waals surface area (Å²) in [5, 5.41) is 0. The molecular weight excluding hydrogens is 470 g/mol. The predicted octanol–water partition coefficient (Wildman–Crippen LogP) is 3.11. The average molecular weight is 488 g/mol. The monoisotopic (exact) mass is 488 g/mol. The van der Waals surface area contributed by atoms with Crippen molar-refractivity contribution in [2.75, 3.05) is 4.43 Å². The average Bonchev–Trinajstić information content (AvgIpc) is 2.76. The molecule has 4 saturated carbocycles. The molecule has 0 N–H and O–H groups in total. The fourth-order valence-electron chi connectivity index (χ4n) is 5.09. The van der Waals surface area contributed by atoms with Gasteiger partial charge in [0.1, 0.15) is 12.2 Å². The second-order valence-electron chi connectivity index (χ2n) is 6.71. The molecule has 0 aromatic heterocycles. The third-order valence-electron chi connectivity index (χ3n) is 5.58. The molecule has 5 rings (SSSR count). The van der Waals surface area contributed by atoms with Gasteiger partial charge >= 0.3 is 0 Å². The van der Waals surface area contributed by atoms with E-state index in [-0.39, 0.29) is 15.6 Å². The molecule has 19 heavy (non-hydrogen) atoms. The lowest BCUT2D eigenvalue weighted by Crippen LogP contribution is -2.66. The van der Waals surface area contributed by atoms with E-state index in [9.17, 15) is 4.79 Å². The number of rotatable bonds is 2. The van der Waals surface area contributed by atoms with Crippen molar-refractivity contribution in [2.45, 2.75) is 53.5 Å². The van der Waals surface area contributed by atoms with Crippen LogP contribution in [0.2, 0.25) is 0 Å². The zero-order chi connectivity index (χ0) is 13.3. The molecule has 4 bridgehead atoms. The van der Waals surface area contributed by atoms with Crippen LogP contribution in [0.3, 0.4) is 0 Å². The first-order valence-electron chi connectivity index (χ1n) is 7.16. The van der Waals surface area contributed by atoms with E-state index < -0.39 is 5.79 Å². The summed E-state index contributed by atoms with van der Waals surface area (Å²) < 4.78 is 13.6. The van der Waals surface area contributed by atoms with E-state index in [1.54, 1.807) is 0 Å². The van der Waals surface area contributed by atoms with Crippen molar-refractivity contribution in [3.63, 3.8) is 0 Å². The van der Waals surface area contributed by atoms with Crippen LogP contribution in [0, 0.1) is 17.8 Å². The van der Waals surface area contributed by atoms with E-state index in [1.165, 1.54) is 32.1 Å². The number of halogens is 2. The van der Waals surface area contributed by atoms with Crippen LogP contribution in [0.1, 0.15) is 32.1 Å². The molecule has 1 saturated heterocycles. The van der Waals surface area contributed by atoms with Gasteiger partial charge in [0.25, 0.3) is 0 Å². The highest BCUT2D eigenvalue weighted by Crippen LogP contribution is 2.67. The summed E-state index contributed by atoms with van der Waals surface area (Å²) >= 11 is 4.91. The molecule has 106 valence electrons. The molecule has 1 spiro atoms. The molecule has 0 aromatic carbocycles. The third-order valence-corrected chi connectivity index (χ3v) is 8.08. The molecule has 5 heteroatoms. The fraction of sp³-hybridized carbons (Fsp3) is 0.929. The van der Waals surface area contributed by atoms with Gasteiger partial charge < -0.3 is 14.3 Å². The van der Waals surface area contributed by atoms with Gasteiger partial charge in [0.2, 0.25) is 0 Å². The van der Waals surface area contributed by atoms with Gasteiger partial charge in [-0.05, 0) is 43.9 Å². The van der Waals surface area contributed by atoms with E-state index in [2.05, 4.69) is 45.2 Å². The van der Waals surface area contributed by atoms with Gasteiger partial charge in [-0.25, -0.2) is 0 Å². The molecule has 4 aliphatic carbocycles. The first-order valence-corrected chi connectivity index (χ1v) is 9.76. The summed E-state index contributed by atoms with van der Waals surface area (Å²) in [4.78, 5) is 11.3. The van der Waals surface area contributed by atoms with Gasteiger partial charge in [-0.1, -0.05) is 45.2 Å². The van der Waals surface area contributed by atoms with E-state index in [0.29, 0.717) is 5.92 Å². The van der Waals surface area contributed by atoms with Gasteiger partial charge in [-0.15, -0.1) is 0 Å². The van der Waals surface area contributed by atoms with Crippen molar-refractivity contribution >= 4 is 51.5 Å². The third kappa shape index (κ3) is 1.76. The van der Waals surface area contributed by atoms with Crippen LogP contribution in [0.4, 0.5) is 0 Å². The van der Waals surface area contributed by atoms with E-state index in [0.717, 1.165) is 22.5 Å². The second-order valence-corrected chi connectivity index (χ2v) is 9.65. The van der Waals surface area contributed by atoms with Gasteiger partial charge in [-0.3, -0.25) is 0 Å². The Bertz CT molecular complexity index is 401. The molecule has 3 nitrogen and oxygen atoms in total. The Labute approximate surface area is 140 Å². The van der Waals surface area contributed by atoms with Crippen LogP contribution >= 0.6 is 45.2 Å². The molecule has 0 amide bonds. The Morgan fingerprint density at radius 2 is 1.84 bits per heavy atom. The number of aldehydes is 1. The SMILES string of the molecule is O=CC1OC2(OC1CI)C1CC3CC(C1)CC2(I)C3. The Hall–Kier alpha value is 1.05. The molecule has 0 radical (unpaired) electrons. The van der Waals surface area contributed by atoms with Crippen molar-refractivity contribution in [2.24, 2.45) is 17.8 Å². The summed E-state index contributed by atoms with van der Waals surface area (Å²) in [6.45, 7) is 0. The van der Waals surface area contributed by atoms with Gasteiger partial charge in [-0.2, -0.15) is 0 Å². The highest BCUT2D eigenvalue weighted by atomic mass is 127. The van der Waals surface area contributed by atoms with Crippen molar-refractivity contribution < 1.29 is 14.3 Å². The largest absolute Gasteiger partial charge is 0.341 e. The first kappa shape index (κ1) is 13.7. The van der Waals surface area contributed by atoms with Crippen LogP contribution < -0.4 is 0 Å². The van der Waals surface area contributed by atoms with Crippen LogP contribution in [-0.2, 0) is 14.3 Å². The molecule has 5 aliphatic rings. The Kier molecular flexibility index (Phi) is 3.26. The standard InChI is InChI=1S/C14H18I2O3/c15-6-11-12(7-17)19-14(18-11)10-2-8-1-9(3-10)5-13(14,16)4-8/h7-12H,1-6H2. The Morgan fingerprint density at radius 3 is 2.32 bits per heavy atom. The molecule has 5 unspecified atom stereocenters. The minimum atomic E-state index is -0.470. The van der Waals surface area contributed by atoms with Crippen molar-refractivity contribution in [3.8, 4) is 0 Å². The molecule has 0 aromatic rings. The van der Waals surface area contributed by atoms with Crippen LogP contribution in [0.25, 0.3) is 0 Å². The number of hydrogen-bond donors (Lipinski definition) is 0. The van der Waals surface area contributed by atoms with Crippen molar-refractivity contribution in [1.82, 2.24) is 0 Å². The number of ether oxygens (including phenoxy) is 2. The molecule has 1 aliphatic heterocycles. The molecule has 5 atom stereocenters. The quantitative estimate of drug-likeness (QED) is 0.341. The number of alkyl halides is 2. The number of hydrogen-bond acceptors (Lipinski definition) is 3. The van der Waals surface area contributed by atoms with Gasteiger partial charge in [0.05, 0.1) is 3.42 Å². The van der Waals surface area contributed by atoms with E-state index >= 15 is 0 Å². The van der Waals surface area contributed by atoms with Crippen LogP contribution in [0.5, 0.6) is 0 Å². The summed E-state index contributed by atoms with van der Waals surface area (Å²) in [6.07, 6.45) is 6.83. The van der Waals surface area contributed by atoms with Crippen LogP contribution in [-0.4, -0.2) is 32.1 Å². The zero-order valence-corrected chi connectivity index (χ0v) is 15.0. The summed E-state index contributed by atoms with van der Waals surface area (Å²) in [5.74, 6) is 1.76. The normalized spacial score (nSPS) is 58.9. The van der Waals surface area contributed by atoms with Crippen molar-refractivity contribution in [1.29, 1.82) is 0 Å². The number of carbonyl (C=O) groups is 1. The van der Waals surface area contributed by atoms with E-state index in [4.69, 9.17) is 9.47 Å². The highest BCUT2D eigenvalue weighted by molar-refractivity contribution is 14.1. The molecular formula is C14H18I2O3. The maximum absolute atomic E-state index is 11.3. The topological polar surface area (TPSA) is 35.5 Å². The smallest absolute Gasteiger partial charge is 0.187 e. The zero-order valence-electron chi connectivity index (χ0n) is 10.7. The Balaban J connectivity index is 1.72. The summed E-state index contributed by atoms with van der Waals surface area (Å²) in [5.41, 5.74) is 0. The molecule has 1 heterocycles. The summed E-state index contributed by atoms with van der Waals surface area (Å²) in [7, 11) is 0. The van der Waals surface area contributed by atoms with Gasteiger partial charge in [0.15, 0.2) is 12.1 Å². The molecule has 5 fully saturated rings. The lowest BCUT2D eigenvalue weighted by Gasteiger charge is -2.62. The predicted molar refractivity (Wildman–Crippen MR) is 87.7 cm³/mol. The number of carbonyl (C=O) groups excluding carboxylic acids is 1. The van der Waals surface area contributed by atoms with E-state index in [1.807, 2.05) is 0 Å². The fourth-order valence-corrected chi connectivity index (χ4v) is 7.71. The lowest BCUT2D eigenvalue weighted by molar-refractivity contribution is -0.277. The lowest BCUT2D eigenvalue weighted by atomic mass is 9.53. The van der Waals surface area contributed by atoms with Gasteiger partial charge in [0, 0.05) is 10.3 Å². The maximum Gasteiger partial charge on any atom is 0.187 e. The second kappa shape index (κ2) is 4.52. The van der Waals surface area contributed by atoms with Crippen molar-refractivity contribution in [3.05, 3.63) is 0 Å². The maximum atomic E-state index is 11.3. The first-order chi connectivity index (χ1) is 9.10. The Morgan fingerprint density at radius 1 is 1.16 bits per heavy atom. The highest BCUT2D eigenvalue weighted by Gasteiger charge is 2.70. The van der Waals surface area contributed by atoms with Crippen LogP contribution in [0.15, 0.2) is 0 Å². The minimum Gasteiger partial charge on any atom is -0.341 e. The minimum absolute atomic E-state index is 0.0535. The summed E-state index contributed by atoms with van der Waals surface area (Å²) in [6, 6.07) is 0.